The molecule has 2 rings (SSSR count). The van der Waals surface area contributed by atoms with E-state index < -0.39 is 0 Å². The number of carbonyl (C=O) groups is 2. The van der Waals surface area contributed by atoms with Crippen LogP contribution in [0.5, 0.6) is 0 Å². The normalized spacial score (nSPS) is 17.2. The first kappa shape index (κ1) is 32.6. The van der Waals surface area contributed by atoms with Gasteiger partial charge in [0.1, 0.15) is 9.98 Å². The van der Waals surface area contributed by atoms with E-state index in [1.54, 1.807) is 0 Å². The fourth-order valence-corrected chi connectivity index (χ4v) is 7.36. The molecule has 0 atom stereocenters. The molecule has 0 aliphatic carbocycles. The quantitative estimate of drug-likeness (QED) is 0.132. The van der Waals surface area contributed by atoms with E-state index in [-0.39, 0.29) is 22.9 Å². The van der Waals surface area contributed by atoms with Crippen molar-refractivity contribution in [2.24, 2.45) is 10.8 Å². The maximum Gasteiger partial charge on any atom is 0.325 e. The molecule has 2 aliphatic rings. The third kappa shape index (κ3) is 10.5. The summed E-state index contributed by atoms with van der Waals surface area (Å²) >= 11 is 15.0. The number of carbonyl (C=O) groups excluding carboxylic acids is 2. The lowest BCUT2D eigenvalue weighted by Crippen LogP contribution is -2.39. The van der Waals surface area contributed by atoms with Crippen LogP contribution in [0.1, 0.15) is 73.6 Å². The number of nitrogens with zero attached hydrogens (tertiary/aromatic N) is 4. The van der Waals surface area contributed by atoms with Gasteiger partial charge in [-0.2, -0.15) is 23.5 Å². The molecule has 0 aromatic rings. The van der Waals surface area contributed by atoms with Crippen LogP contribution in [-0.2, 0) is 0 Å². The highest BCUT2D eigenvalue weighted by Crippen LogP contribution is 2.29. The monoisotopic (exact) mass is 588 g/mol. The van der Waals surface area contributed by atoms with Gasteiger partial charge in [-0.15, -0.1) is 0 Å². The average Bonchev–Trinajstić information content (AvgIpc) is 3.25. The number of urea groups is 2. The minimum atomic E-state index is 0.0742. The van der Waals surface area contributed by atoms with E-state index in [1.807, 2.05) is 57.0 Å². The first-order chi connectivity index (χ1) is 17.4. The summed E-state index contributed by atoms with van der Waals surface area (Å²) in [4.78, 5) is 33.7. The molecule has 212 valence electrons. The maximum atomic E-state index is 12.5. The van der Waals surface area contributed by atoms with E-state index in [0.717, 1.165) is 49.0 Å². The molecule has 2 fully saturated rings. The van der Waals surface area contributed by atoms with Crippen LogP contribution < -0.4 is 0 Å². The summed E-state index contributed by atoms with van der Waals surface area (Å²) < 4.78 is 0. The molecule has 0 aromatic carbocycles. The first-order valence-electron chi connectivity index (χ1n) is 13.7. The summed E-state index contributed by atoms with van der Waals surface area (Å²) in [7, 11) is 0. The maximum absolute atomic E-state index is 12.5. The second-order valence-corrected chi connectivity index (χ2v) is 15.1. The van der Waals surface area contributed by atoms with E-state index >= 15 is 0 Å². The van der Waals surface area contributed by atoms with Crippen molar-refractivity contribution in [1.29, 1.82) is 0 Å². The SMILES string of the molecule is CCN1CC(=S)N(CC(C)(C)CCCSCCCSCCCC(C)(C)CN2C(=O)N(CC)CC2=S)C1=O. The lowest BCUT2D eigenvalue weighted by molar-refractivity contribution is 0.181. The fourth-order valence-electron chi connectivity index (χ4n) is 4.78. The molecule has 0 radical (unpaired) electrons. The smallest absolute Gasteiger partial charge is 0.318 e. The van der Waals surface area contributed by atoms with Crippen molar-refractivity contribution in [3.63, 3.8) is 0 Å². The van der Waals surface area contributed by atoms with Crippen LogP contribution in [0.2, 0.25) is 0 Å². The number of hydrogen-bond acceptors (Lipinski definition) is 6. The Balaban J connectivity index is 1.49. The van der Waals surface area contributed by atoms with Crippen molar-refractivity contribution in [1.82, 2.24) is 19.6 Å². The molecule has 0 unspecified atom stereocenters. The van der Waals surface area contributed by atoms with Crippen LogP contribution >= 0.6 is 48.0 Å². The molecule has 0 aromatic heterocycles. The van der Waals surface area contributed by atoms with Gasteiger partial charge in [0.05, 0.1) is 13.1 Å². The van der Waals surface area contributed by atoms with Crippen molar-refractivity contribution < 1.29 is 9.59 Å². The number of thioether (sulfide) groups is 2. The molecule has 2 saturated heterocycles. The van der Waals surface area contributed by atoms with Gasteiger partial charge in [0, 0.05) is 26.2 Å². The molecule has 0 N–H and O–H groups in total. The number of amides is 4. The van der Waals surface area contributed by atoms with Gasteiger partial charge in [-0.25, -0.2) is 9.59 Å². The molecule has 37 heavy (non-hydrogen) atoms. The number of hydrogen-bond donors (Lipinski definition) is 0. The molecule has 0 saturated carbocycles. The van der Waals surface area contributed by atoms with E-state index in [4.69, 9.17) is 24.4 Å². The van der Waals surface area contributed by atoms with Crippen LogP contribution in [0.4, 0.5) is 9.59 Å². The Morgan fingerprint density at radius 3 is 1.35 bits per heavy atom. The van der Waals surface area contributed by atoms with Crippen molar-refractivity contribution >= 4 is 70.0 Å². The van der Waals surface area contributed by atoms with E-state index in [0.29, 0.717) is 13.1 Å². The van der Waals surface area contributed by atoms with E-state index in [2.05, 4.69) is 27.7 Å². The third-order valence-electron chi connectivity index (χ3n) is 7.05. The molecule has 4 amide bonds. The van der Waals surface area contributed by atoms with Gasteiger partial charge < -0.3 is 9.80 Å². The molecular weight excluding hydrogens is 541 g/mol. The summed E-state index contributed by atoms with van der Waals surface area (Å²) in [5.41, 5.74) is 0.159. The molecule has 0 spiro atoms. The Morgan fingerprint density at radius 1 is 0.676 bits per heavy atom. The van der Waals surface area contributed by atoms with Gasteiger partial charge in [-0.05, 0) is 79.8 Å². The van der Waals surface area contributed by atoms with Gasteiger partial charge in [0.15, 0.2) is 0 Å². The molecule has 6 nitrogen and oxygen atoms in total. The Kier molecular flexibility index (Phi) is 13.5. The number of thiocarbonyl (C=S) groups is 2. The zero-order valence-corrected chi connectivity index (χ0v) is 27.1. The van der Waals surface area contributed by atoms with Gasteiger partial charge in [-0.1, -0.05) is 52.1 Å². The second kappa shape index (κ2) is 15.3. The number of likely N-dealkylation sites (N-methyl/N-ethyl adjacent to an activating group) is 2. The van der Waals surface area contributed by atoms with E-state index in [1.165, 1.54) is 42.3 Å². The lowest BCUT2D eigenvalue weighted by Gasteiger charge is -2.30. The van der Waals surface area contributed by atoms with Crippen LogP contribution in [-0.4, -0.2) is 104 Å². The van der Waals surface area contributed by atoms with Gasteiger partial charge >= 0.3 is 12.1 Å². The molecule has 2 heterocycles. The topological polar surface area (TPSA) is 47.1 Å². The highest BCUT2D eigenvalue weighted by molar-refractivity contribution is 8.00. The molecule has 2 aliphatic heterocycles. The zero-order valence-electron chi connectivity index (χ0n) is 23.8. The largest absolute Gasteiger partial charge is 0.325 e. The predicted octanol–water partition coefficient (Wildman–Crippen LogP) is 6.63. The van der Waals surface area contributed by atoms with Crippen molar-refractivity contribution in [2.75, 3.05) is 62.3 Å². The first-order valence-corrected chi connectivity index (χ1v) is 16.9. The zero-order chi connectivity index (χ0) is 27.6. The lowest BCUT2D eigenvalue weighted by atomic mass is 9.87. The summed E-state index contributed by atoms with van der Waals surface area (Å²) in [5.74, 6) is 4.77. The summed E-state index contributed by atoms with van der Waals surface area (Å²) in [6.45, 7) is 17.1. The highest BCUT2D eigenvalue weighted by Gasteiger charge is 2.36. The Morgan fingerprint density at radius 2 is 1.03 bits per heavy atom. The summed E-state index contributed by atoms with van der Waals surface area (Å²) in [6, 6.07) is 0.148. The predicted molar refractivity (Wildman–Crippen MR) is 169 cm³/mol. The highest BCUT2D eigenvalue weighted by atomic mass is 32.2. The minimum absolute atomic E-state index is 0.0742. The van der Waals surface area contributed by atoms with Gasteiger partial charge in [0.25, 0.3) is 0 Å². The molecule has 0 bridgehead atoms. The fraction of sp³-hybridized carbons (Fsp3) is 0.852. The van der Waals surface area contributed by atoms with Gasteiger partial charge in [-0.3, -0.25) is 9.80 Å². The second-order valence-electron chi connectivity index (χ2n) is 11.7. The van der Waals surface area contributed by atoms with Crippen LogP contribution in [0.15, 0.2) is 0 Å². The average molecular weight is 589 g/mol. The van der Waals surface area contributed by atoms with Crippen LogP contribution in [0.3, 0.4) is 0 Å². The van der Waals surface area contributed by atoms with Crippen LogP contribution in [0.25, 0.3) is 0 Å². The van der Waals surface area contributed by atoms with Crippen molar-refractivity contribution in [2.45, 2.75) is 73.6 Å². The Labute approximate surface area is 245 Å². The van der Waals surface area contributed by atoms with Crippen LogP contribution in [0, 0.1) is 10.8 Å². The Hall–Kier alpha value is -0.580. The number of rotatable bonds is 18. The van der Waals surface area contributed by atoms with Crippen molar-refractivity contribution in [3.8, 4) is 0 Å². The minimum Gasteiger partial charge on any atom is -0.318 e. The van der Waals surface area contributed by atoms with Crippen molar-refractivity contribution in [3.05, 3.63) is 0 Å². The molecular formula is C27H48N4O2S4. The van der Waals surface area contributed by atoms with E-state index in [9.17, 15) is 9.59 Å². The van der Waals surface area contributed by atoms with Gasteiger partial charge in [0.2, 0.25) is 0 Å². The molecule has 10 heteroatoms. The third-order valence-corrected chi connectivity index (χ3v) is 10.1. The summed E-state index contributed by atoms with van der Waals surface area (Å²) in [6.07, 6.45) is 5.80. The standard InChI is InChI=1S/C27H48N4O2S4/c1-7-28-18-22(34)30(24(28)32)20-26(3,4)12-9-14-36-16-11-17-37-15-10-13-27(5,6)21-31-23(35)19-29(8-2)25(31)33/h7-21H2,1-6H3. The summed E-state index contributed by atoms with van der Waals surface area (Å²) in [5, 5.41) is 0. The Bertz CT molecular complexity index is 741.